The van der Waals surface area contributed by atoms with Gasteiger partial charge in [0.15, 0.2) is 0 Å². The van der Waals surface area contributed by atoms with Crippen molar-refractivity contribution < 1.29 is 15.0 Å². The molecule has 0 aliphatic carbocycles. The highest BCUT2D eigenvalue weighted by molar-refractivity contribution is 6.59. The van der Waals surface area contributed by atoms with E-state index in [2.05, 4.69) is 4.98 Å². The zero-order valence-corrected chi connectivity index (χ0v) is 6.84. The molecule has 0 aliphatic rings. The molecule has 0 fully saturated rings. The van der Waals surface area contributed by atoms with Gasteiger partial charge in [-0.2, -0.15) is 0 Å². The molecule has 13 heavy (non-hydrogen) atoms. The van der Waals surface area contributed by atoms with Crippen LogP contribution in [0, 0.1) is 17.0 Å². The zero-order chi connectivity index (χ0) is 10.0. The number of rotatable bonds is 2. The first-order valence-corrected chi connectivity index (χ1v) is 3.49. The molecule has 0 bridgehead atoms. The fraction of sp³-hybridized carbons (Fsp3) is 0.167. The first kappa shape index (κ1) is 9.62. The van der Waals surface area contributed by atoms with Gasteiger partial charge in [0.25, 0.3) is 5.69 Å². The van der Waals surface area contributed by atoms with Crippen LogP contribution >= 0.6 is 0 Å². The largest absolute Gasteiger partial charge is 0.490 e. The quantitative estimate of drug-likeness (QED) is 0.346. The summed E-state index contributed by atoms with van der Waals surface area (Å²) in [6, 6.07) is 1.09. The summed E-state index contributed by atoms with van der Waals surface area (Å²) in [5, 5.41) is 27.9. The lowest BCUT2D eigenvalue weighted by molar-refractivity contribution is -0.385. The van der Waals surface area contributed by atoms with E-state index in [9.17, 15) is 10.1 Å². The van der Waals surface area contributed by atoms with E-state index in [4.69, 9.17) is 10.0 Å². The van der Waals surface area contributed by atoms with Crippen molar-refractivity contribution in [1.82, 2.24) is 4.98 Å². The van der Waals surface area contributed by atoms with Crippen molar-refractivity contribution in [2.45, 2.75) is 6.92 Å². The van der Waals surface area contributed by atoms with Gasteiger partial charge in [0.05, 0.1) is 4.92 Å². The summed E-state index contributed by atoms with van der Waals surface area (Å²) in [6.07, 6.45) is 1.07. The number of nitrogens with zero attached hydrogens (tertiary/aromatic N) is 2. The van der Waals surface area contributed by atoms with Crippen molar-refractivity contribution in [1.29, 1.82) is 0 Å². The minimum Gasteiger partial charge on any atom is -0.423 e. The second-order valence-electron chi connectivity index (χ2n) is 2.50. The normalized spacial score (nSPS) is 9.77. The van der Waals surface area contributed by atoms with Crippen LogP contribution in [0.4, 0.5) is 5.69 Å². The third-order valence-electron chi connectivity index (χ3n) is 1.60. The fourth-order valence-electron chi connectivity index (χ4n) is 0.900. The summed E-state index contributed by atoms with van der Waals surface area (Å²) < 4.78 is 0. The summed E-state index contributed by atoms with van der Waals surface area (Å²) in [5.74, 6) is 0. The van der Waals surface area contributed by atoms with Crippen molar-refractivity contribution in [2.24, 2.45) is 0 Å². The maximum Gasteiger partial charge on any atom is 0.490 e. The number of aryl methyl sites for hydroxylation is 1. The van der Waals surface area contributed by atoms with Gasteiger partial charge in [0.1, 0.15) is 6.20 Å². The number of hydrogen-bond donors (Lipinski definition) is 2. The summed E-state index contributed by atoms with van der Waals surface area (Å²) in [7, 11) is -1.73. The molecule has 0 aliphatic heterocycles. The molecule has 6 nitrogen and oxygen atoms in total. The summed E-state index contributed by atoms with van der Waals surface area (Å²) in [6.45, 7) is 1.54. The topological polar surface area (TPSA) is 96.5 Å². The summed E-state index contributed by atoms with van der Waals surface area (Å²) in [5.41, 5.74) is 0.156. The maximum atomic E-state index is 10.3. The Balaban J connectivity index is 3.19. The summed E-state index contributed by atoms with van der Waals surface area (Å²) in [4.78, 5) is 13.3. The van der Waals surface area contributed by atoms with Gasteiger partial charge < -0.3 is 10.0 Å². The monoisotopic (exact) mass is 182 g/mol. The average molecular weight is 182 g/mol. The van der Waals surface area contributed by atoms with Crippen LogP contribution in [0.1, 0.15) is 5.69 Å². The van der Waals surface area contributed by atoms with Crippen LogP contribution in [0.3, 0.4) is 0 Å². The van der Waals surface area contributed by atoms with Gasteiger partial charge in [-0.1, -0.05) is 0 Å². The Hall–Kier alpha value is -1.47. The molecule has 68 valence electrons. The van der Waals surface area contributed by atoms with Crippen LogP contribution in [0.2, 0.25) is 0 Å². The lowest BCUT2D eigenvalue weighted by Crippen LogP contribution is -2.32. The number of hydrogen-bond acceptors (Lipinski definition) is 5. The molecule has 1 heterocycles. The Bertz CT molecular complexity index is 341. The van der Waals surface area contributed by atoms with Crippen LogP contribution < -0.4 is 5.46 Å². The van der Waals surface area contributed by atoms with E-state index in [1.54, 1.807) is 6.92 Å². The van der Waals surface area contributed by atoms with Crippen LogP contribution in [0.5, 0.6) is 0 Å². The number of pyridine rings is 1. The van der Waals surface area contributed by atoms with Gasteiger partial charge in [-0.15, -0.1) is 0 Å². The van der Waals surface area contributed by atoms with Crippen LogP contribution in [0.25, 0.3) is 0 Å². The molecule has 0 radical (unpaired) electrons. The lowest BCUT2D eigenvalue weighted by Gasteiger charge is -2.01. The second kappa shape index (κ2) is 3.50. The molecule has 1 aromatic rings. The van der Waals surface area contributed by atoms with Crippen LogP contribution in [0.15, 0.2) is 12.3 Å². The average Bonchev–Trinajstić information content (AvgIpc) is 2.04. The highest BCUT2D eigenvalue weighted by atomic mass is 16.6. The molecule has 0 aromatic carbocycles. The van der Waals surface area contributed by atoms with Gasteiger partial charge in [-0.05, 0) is 6.92 Å². The molecule has 2 N–H and O–H groups in total. The Morgan fingerprint density at radius 1 is 1.62 bits per heavy atom. The molecule has 7 heteroatoms. The van der Waals surface area contributed by atoms with Crippen molar-refractivity contribution >= 4 is 18.3 Å². The van der Waals surface area contributed by atoms with Crippen molar-refractivity contribution in [3.63, 3.8) is 0 Å². The number of nitro groups is 1. The predicted molar refractivity (Wildman–Crippen MR) is 45.5 cm³/mol. The first-order chi connectivity index (χ1) is 6.02. The molecule has 0 unspecified atom stereocenters. The maximum absolute atomic E-state index is 10.3. The van der Waals surface area contributed by atoms with Crippen molar-refractivity contribution in [2.75, 3.05) is 0 Å². The Morgan fingerprint density at radius 3 is 2.69 bits per heavy atom. The van der Waals surface area contributed by atoms with Gasteiger partial charge in [-0.25, -0.2) is 0 Å². The van der Waals surface area contributed by atoms with E-state index in [0.29, 0.717) is 5.69 Å². The minimum absolute atomic E-state index is 0.0502. The van der Waals surface area contributed by atoms with E-state index in [0.717, 1.165) is 12.3 Å². The minimum atomic E-state index is -1.73. The Labute approximate surface area is 74.2 Å². The van der Waals surface area contributed by atoms with E-state index < -0.39 is 12.0 Å². The highest BCUT2D eigenvalue weighted by Gasteiger charge is 2.18. The van der Waals surface area contributed by atoms with E-state index in [-0.39, 0.29) is 11.2 Å². The summed E-state index contributed by atoms with van der Waals surface area (Å²) >= 11 is 0. The van der Waals surface area contributed by atoms with Gasteiger partial charge in [-0.3, -0.25) is 15.1 Å². The molecule has 0 spiro atoms. The number of aromatic nitrogens is 1. The molecule has 1 aromatic heterocycles. The van der Waals surface area contributed by atoms with Crippen molar-refractivity contribution in [3.8, 4) is 0 Å². The Kier molecular flexibility index (Phi) is 2.59. The van der Waals surface area contributed by atoms with E-state index in [1.165, 1.54) is 0 Å². The van der Waals surface area contributed by atoms with E-state index in [1.807, 2.05) is 0 Å². The lowest BCUT2D eigenvalue weighted by atomic mass is 9.79. The highest BCUT2D eigenvalue weighted by Crippen LogP contribution is 2.06. The second-order valence-corrected chi connectivity index (χ2v) is 2.50. The third-order valence-corrected chi connectivity index (χ3v) is 1.60. The molecule has 1 rings (SSSR count). The van der Waals surface area contributed by atoms with Gasteiger partial charge in [0.2, 0.25) is 0 Å². The third kappa shape index (κ3) is 2.01. The first-order valence-electron chi connectivity index (χ1n) is 3.49. The van der Waals surface area contributed by atoms with Gasteiger partial charge in [0, 0.05) is 17.2 Å². The molecular formula is C6H7BN2O4. The standard InChI is InChI=1S/C6H7BN2O4/c1-4-6(7(10)11)2-5(3-8-4)9(12)13/h2-3,10-11H,1H3. The molecule has 0 saturated heterocycles. The molecule has 0 atom stereocenters. The Morgan fingerprint density at radius 2 is 2.23 bits per heavy atom. The van der Waals surface area contributed by atoms with Gasteiger partial charge >= 0.3 is 7.12 Å². The van der Waals surface area contributed by atoms with Crippen LogP contribution in [-0.4, -0.2) is 27.1 Å². The van der Waals surface area contributed by atoms with Crippen LogP contribution in [-0.2, 0) is 0 Å². The zero-order valence-electron chi connectivity index (χ0n) is 6.84. The van der Waals surface area contributed by atoms with Crippen molar-refractivity contribution in [3.05, 3.63) is 28.1 Å². The fourth-order valence-corrected chi connectivity index (χ4v) is 0.900. The SMILES string of the molecule is Cc1ncc([N+](=O)[O-])cc1B(O)O. The van der Waals surface area contributed by atoms with E-state index >= 15 is 0 Å². The molecule has 0 saturated carbocycles. The smallest absolute Gasteiger partial charge is 0.423 e. The predicted octanol–water partition coefficient (Wildman–Crippen LogP) is -1.02. The molecular weight excluding hydrogens is 175 g/mol. The molecule has 0 amide bonds.